The Morgan fingerprint density at radius 3 is 2.56 bits per heavy atom. The quantitative estimate of drug-likeness (QED) is 0.317. The van der Waals surface area contributed by atoms with Gasteiger partial charge in [-0.05, 0) is 26.7 Å². The van der Waals surface area contributed by atoms with Crippen LogP contribution in [0, 0.1) is 6.92 Å². The molecule has 27 heavy (non-hydrogen) atoms. The molecule has 0 spiro atoms. The van der Waals surface area contributed by atoms with Gasteiger partial charge in [0, 0.05) is 56.3 Å². The Kier molecular flexibility index (Phi) is 9.77. The molecule has 0 aromatic carbocycles. The summed E-state index contributed by atoms with van der Waals surface area (Å²) >= 11 is 3.46. The van der Waals surface area contributed by atoms with E-state index in [-0.39, 0.29) is 24.0 Å². The number of hydrogen-bond donors (Lipinski definition) is 2. The Labute approximate surface area is 186 Å². The molecule has 9 heteroatoms. The number of guanidine groups is 1. The van der Waals surface area contributed by atoms with Gasteiger partial charge in [0.1, 0.15) is 0 Å². The SMILES string of the molecule is CCNC(=NCCc1csc(N2CCCC2)n1)NCCc1csc(C)n1.I. The highest BCUT2D eigenvalue weighted by Crippen LogP contribution is 2.24. The van der Waals surface area contributed by atoms with Gasteiger partial charge in [0.05, 0.1) is 16.4 Å². The fraction of sp³-hybridized carbons (Fsp3) is 0.611. The van der Waals surface area contributed by atoms with Gasteiger partial charge in [-0.25, -0.2) is 9.97 Å². The molecule has 2 aromatic heterocycles. The fourth-order valence-electron chi connectivity index (χ4n) is 2.92. The third-order valence-corrected chi connectivity index (χ3v) is 6.01. The van der Waals surface area contributed by atoms with Crippen molar-refractivity contribution in [1.29, 1.82) is 0 Å². The number of aliphatic imine (C=N–C) groups is 1. The third kappa shape index (κ3) is 7.19. The molecule has 150 valence electrons. The summed E-state index contributed by atoms with van der Waals surface area (Å²) in [7, 11) is 0. The zero-order chi connectivity index (χ0) is 18.2. The number of rotatable bonds is 8. The number of halogens is 1. The van der Waals surface area contributed by atoms with Crippen LogP contribution in [-0.2, 0) is 12.8 Å². The van der Waals surface area contributed by atoms with Crippen LogP contribution in [0.15, 0.2) is 15.8 Å². The van der Waals surface area contributed by atoms with Crippen molar-refractivity contribution in [2.75, 3.05) is 37.6 Å². The molecule has 0 radical (unpaired) electrons. The third-order valence-electron chi connectivity index (χ3n) is 4.24. The van der Waals surface area contributed by atoms with Crippen molar-refractivity contribution >= 4 is 57.7 Å². The molecule has 0 atom stereocenters. The van der Waals surface area contributed by atoms with Crippen LogP contribution in [0.25, 0.3) is 0 Å². The predicted octanol–water partition coefficient (Wildman–Crippen LogP) is 3.47. The molecular formula is C18H29IN6S2. The molecule has 1 aliphatic heterocycles. The molecular weight excluding hydrogens is 491 g/mol. The highest BCUT2D eigenvalue weighted by Gasteiger charge is 2.15. The number of nitrogens with zero attached hydrogens (tertiary/aromatic N) is 4. The molecule has 0 saturated carbocycles. The highest BCUT2D eigenvalue weighted by atomic mass is 127. The monoisotopic (exact) mass is 520 g/mol. The maximum Gasteiger partial charge on any atom is 0.191 e. The van der Waals surface area contributed by atoms with Gasteiger partial charge in [0.25, 0.3) is 0 Å². The molecule has 6 nitrogen and oxygen atoms in total. The zero-order valence-electron chi connectivity index (χ0n) is 16.0. The lowest BCUT2D eigenvalue weighted by Gasteiger charge is -2.12. The first-order valence-corrected chi connectivity index (χ1v) is 11.1. The van der Waals surface area contributed by atoms with Crippen molar-refractivity contribution in [3.8, 4) is 0 Å². The number of nitrogens with one attached hydrogen (secondary N) is 2. The summed E-state index contributed by atoms with van der Waals surface area (Å²) in [5, 5.41) is 13.3. The maximum absolute atomic E-state index is 4.77. The minimum absolute atomic E-state index is 0. The van der Waals surface area contributed by atoms with Gasteiger partial charge in [-0.1, -0.05) is 0 Å². The summed E-state index contributed by atoms with van der Waals surface area (Å²) in [6.07, 6.45) is 4.38. The van der Waals surface area contributed by atoms with Crippen molar-refractivity contribution in [1.82, 2.24) is 20.6 Å². The molecule has 0 amide bonds. The zero-order valence-corrected chi connectivity index (χ0v) is 20.0. The van der Waals surface area contributed by atoms with Gasteiger partial charge in [-0.2, -0.15) is 0 Å². The van der Waals surface area contributed by atoms with Crippen LogP contribution in [-0.4, -0.2) is 48.7 Å². The van der Waals surface area contributed by atoms with Gasteiger partial charge in [0.2, 0.25) is 0 Å². The minimum Gasteiger partial charge on any atom is -0.357 e. The summed E-state index contributed by atoms with van der Waals surface area (Å²) in [6.45, 7) is 8.87. The Balaban J connectivity index is 0.00000261. The van der Waals surface area contributed by atoms with E-state index in [1.165, 1.54) is 18.0 Å². The van der Waals surface area contributed by atoms with Crippen LogP contribution in [0.2, 0.25) is 0 Å². The topological polar surface area (TPSA) is 65.4 Å². The average Bonchev–Trinajstić information content (AvgIpc) is 3.36. The van der Waals surface area contributed by atoms with Crippen LogP contribution in [0.1, 0.15) is 36.2 Å². The van der Waals surface area contributed by atoms with E-state index in [0.717, 1.165) is 67.9 Å². The second kappa shape index (κ2) is 11.8. The second-order valence-corrected chi connectivity index (χ2v) is 8.26. The number of anilines is 1. The summed E-state index contributed by atoms with van der Waals surface area (Å²) in [4.78, 5) is 16.3. The summed E-state index contributed by atoms with van der Waals surface area (Å²) < 4.78 is 0. The van der Waals surface area contributed by atoms with Crippen molar-refractivity contribution in [3.05, 3.63) is 27.2 Å². The minimum atomic E-state index is 0. The van der Waals surface area contributed by atoms with E-state index in [1.54, 1.807) is 22.7 Å². The molecule has 2 N–H and O–H groups in total. The van der Waals surface area contributed by atoms with Crippen molar-refractivity contribution < 1.29 is 0 Å². The Morgan fingerprint density at radius 2 is 1.85 bits per heavy atom. The normalized spacial score (nSPS) is 14.3. The molecule has 0 aliphatic carbocycles. The Morgan fingerprint density at radius 1 is 1.11 bits per heavy atom. The van der Waals surface area contributed by atoms with Crippen LogP contribution in [0.3, 0.4) is 0 Å². The lowest BCUT2D eigenvalue weighted by Crippen LogP contribution is -2.38. The smallest absolute Gasteiger partial charge is 0.191 e. The van der Waals surface area contributed by atoms with E-state index in [2.05, 4.69) is 43.2 Å². The molecule has 1 saturated heterocycles. The van der Waals surface area contributed by atoms with E-state index in [9.17, 15) is 0 Å². The van der Waals surface area contributed by atoms with E-state index < -0.39 is 0 Å². The van der Waals surface area contributed by atoms with Crippen LogP contribution < -0.4 is 15.5 Å². The van der Waals surface area contributed by atoms with Crippen molar-refractivity contribution in [2.45, 2.75) is 39.5 Å². The van der Waals surface area contributed by atoms with Crippen molar-refractivity contribution in [3.63, 3.8) is 0 Å². The maximum atomic E-state index is 4.77. The highest BCUT2D eigenvalue weighted by molar-refractivity contribution is 14.0. The van der Waals surface area contributed by atoms with Crippen molar-refractivity contribution in [2.24, 2.45) is 4.99 Å². The first-order valence-electron chi connectivity index (χ1n) is 9.37. The number of thiazole rings is 2. The van der Waals surface area contributed by atoms with Gasteiger partial charge >= 0.3 is 0 Å². The lowest BCUT2D eigenvalue weighted by atomic mass is 10.3. The van der Waals surface area contributed by atoms with E-state index in [0.29, 0.717) is 0 Å². The molecule has 3 rings (SSSR count). The summed E-state index contributed by atoms with van der Waals surface area (Å²) in [5.41, 5.74) is 2.29. The molecule has 1 fully saturated rings. The van der Waals surface area contributed by atoms with Crippen LogP contribution in [0.5, 0.6) is 0 Å². The molecule has 1 aliphatic rings. The Bertz CT molecular complexity index is 708. The summed E-state index contributed by atoms with van der Waals surface area (Å²) in [6, 6.07) is 0. The first kappa shape index (κ1) is 22.4. The van der Waals surface area contributed by atoms with E-state index >= 15 is 0 Å². The number of aryl methyl sites for hydroxylation is 1. The second-order valence-electron chi connectivity index (χ2n) is 6.36. The molecule has 0 bridgehead atoms. The van der Waals surface area contributed by atoms with E-state index in [4.69, 9.17) is 4.98 Å². The molecule has 2 aromatic rings. The molecule has 0 unspecified atom stereocenters. The van der Waals surface area contributed by atoms with Gasteiger partial charge in [0.15, 0.2) is 11.1 Å². The average molecular weight is 521 g/mol. The van der Waals surface area contributed by atoms with Crippen LogP contribution >= 0.6 is 46.7 Å². The Hall–Kier alpha value is -0.940. The predicted molar refractivity (Wildman–Crippen MR) is 127 cm³/mol. The lowest BCUT2D eigenvalue weighted by molar-refractivity contribution is 0.786. The van der Waals surface area contributed by atoms with Gasteiger partial charge < -0.3 is 15.5 Å². The van der Waals surface area contributed by atoms with Gasteiger partial charge in [-0.15, -0.1) is 46.7 Å². The fourth-order valence-corrected chi connectivity index (χ4v) is 4.48. The first-order chi connectivity index (χ1) is 12.7. The number of hydrogen-bond acceptors (Lipinski definition) is 6. The van der Waals surface area contributed by atoms with Gasteiger partial charge in [-0.3, -0.25) is 4.99 Å². The number of aromatic nitrogens is 2. The van der Waals surface area contributed by atoms with E-state index in [1.807, 2.05) is 6.92 Å². The molecule has 3 heterocycles. The van der Waals surface area contributed by atoms with Crippen LogP contribution in [0.4, 0.5) is 5.13 Å². The standard InChI is InChI=1S/C18H28N6S2.HI/c1-3-19-17(20-8-6-15-12-25-14(2)22-15)21-9-7-16-13-26-18(23-16)24-10-4-5-11-24;/h12-13H,3-11H2,1-2H3,(H2,19,20,21);1H. The largest absolute Gasteiger partial charge is 0.357 e. The summed E-state index contributed by atoms with van der Waals surface area (Å²) in [5.74, 6) is 0.870.